The van der Waals surface area contributed by atoms with Gasteiger partial charge in [-0.15, -0.1) is 0 Å². The van der Waals surface area contributed by atoms with Crippen molar-refractivity contribution < 1.29 is 9.50 Å². The molecule has 10 heavy (non-hydrogen) atoms. The molecule has 1 aliphatic rings. The molecule has 0 unspecified atom stereocenters. The van der Waals surface area contributed by atoms with Gasteiger partial charge >= 0.3 is 0 Å². The maximum atomic E-state index is 12.7. The minimum absolute atomic E-state index is 0.273. The molecule has 0 heterocycles. The highest BCUT2D eigenvalue weighted by molar-refractivity contribution is 6.13. The molecule has 0 aromatic heterocycles. The van der Waals surface area contributed by atoms with Gasteiger partial charge in [-0.05, 0) is 31.0 Å². The minimum atomic E-state index is -1.11. The Hall–Kier alpha value is 0.140. The lowest BCUT2D eigenvalue weighted by molar-refractivity contribution is 0.0237. The van der Waals surface area contributed by atoms with E-state index in [1.54, 1.807) is 0 Å². The van der Waals surface area contributed by atoms with Crippen molar-refractivity contribution in [3.63, 3.8) is 0 Å². The third kappa shape index (κ3) is 1.59. The molecule has 2 N–H and O–H groups in total. The Labute approximate surface area is 64.5 Å². The van der Waals surface area contributed by atoms with E-state index in [9.17, 15) is 4.39 Å². The molecule has 0 bridgehead atoms. The molecular formula is C6H11ClFNO. The largest absolute Gasteiger partial charge is 0.388 e. The summed E-state index contributed by atoms with van der Waals surface area (Å²) in [5.41, 5.74) is 0. The fraction of sp³-hybridized carbons (Fsp3) is 1.00. The van der Waals surface area contributed by atoms with Gasteiger partial charge in [-0.25, -0.2) is 9.23 Å². The molecule has 2 nitrogen and oxygen atoms in total. The van der Waals surface area contributed by atoms with Crippen LogP contribution in [0.25, 0.3) is 0 Å². The van der Waals surface area contributed by atoms with Crippen molar-refractivity contribution in [3.8, 4) is 0 Å². The Morgan fingerprint density at radius 2 is 2.20 bits per heavy atom. The molecule has 0 radical (unpaired) electrons. The van der Waals surface area contributed by atoms with Gasteiger partial charge in [0.05, 0.1) is 6.04 Å². The van der Waals surface area contributed by atoms with Crippen molar-refractivity contribution in [1.82, 2.24) is 4.84 Å². The van der Waals surface area contributed by atoms with E-state index in [-0.39, 0.29) is 6.04 Å². The molecular weight excluding hydrogens is 157 g/mol. The molecule has 0 aromatic carbocycles. The second kappa shape index (κ2) is 3.51. The van der Waals surface area contributed by atoms with Crippen LogP contribution in [0.5, 0.6) is 0 Å². The summed E-state index contributed by atoms with van der Waals surface area (Å²) in [5.74, 6) is 0. The first-order valence-corrected chi connectivity index (χ1v) is 3.82. The number of hydrogen-bond acceptors (Lipinski definition) is 2. The third-order valence-corrected chi connectivity index (χ3v) is 2.20. The third-order valence-electron chi connectivity index (χ3n) is 1.92. The zero-order chi connectivity index (χ0) is 7.56. The van der Waals surface area contributed by atoms with Crippen LogP contribution in [-0.2, 0) is 0 Å². The Balaban J connectivity index is 2.42. The van der Waals surface area contributed by atoms with Crippen molar-refractivity contribution >= 4 is 11.8 Å². The predicted octanol–water partition coefficient (Wildman–Crippen LogP) is 0.981. The highest BCUT2D eigenvalue weighted by Crippen LogP contribution is 2.21. The Morgan fingerprint density at radius 1 is 1.50 bits per heavy atom. The van der Waals surface area contributed by atoms with Crippen molar-refractivity contribution in [2.45, 2.75) is 37.6 Å². The van der Waals surface area contributed by atoms with Gasteiger partial charge < -0.3 is 5.11 Å². The summed E-state index contributed by atoms with van der Waals surface area (Å²) in [7, 11) is 0. The number of hydrogen-bond donors (Lipinski definition) is 2. The molecule has 0 amide bonds. The first-order valence-electron chi connectivity index (χ1n) is 3.44. The van der Waals surface area contributed by atoms with Crippen LogP contribution in [0, 0.1) is 0 Å². The molecule has 0 aliphatic heterocycles. The maximum Gasteiger partial charge on any atom is 0.127 e. The van der Waals surface area contributed by atoms with Gasteiger partial charge in [-0.3, -0.25) is 0 Å². The lowest BCUT2D eigenvalue weighted by Crippen LogP contribution is -2.44. The first kappa shape index (κ1) is 8.24. The van der Waals surface area contributed by atoms with Gasteiger partial charge in [0.25, 0.3) is 0 Å². The number of aliphatic hydroxyl groups excluding tert-OH is 1. The quantitative estimate of drug-likeness (QED) is 0.571. The molecule has 60 valence electrons. The summed E-state index contributed by atoms with van der Waals surface area (Å²) < 4.78 is 12.7. The van der Waals surface area contributed by atoms with Crippen molar-refractivity contribution in [3.05, 3.63) is 0 Å². The predicted molar refractivity (Wildman–Crippen MR) is 37.5 cm³/mol. The Bertz CT molecular complexity index is 114. The van der Waals surface area contributed by atoms with Gasteiger partial charge in [0.15, 0.2) is 0 Å². The van der Waals surface area contributed by atoms with Crippen LogP contribution in [0.2, 0.25) is 0 Å². The van der Waals surface area contributed by atoms with Crippen LogP contribution in [0.1, 0.15) is 19.3 Å². The zero-order valence-corrected chi connectivity index (χ0v) is 6.31. The monoisotopic (exact) mass is 167 g/mol. The lowest BCUT2D eigenvalue weighted by atomic mass is 9.92. The van der Waals surface area contributed by atoms with Crippen molar-refractivity contribution in [1.29, 1.82) is 0 Å². The molecule has 0 aromatic rings. The summed E-state index contributed by atoms with van der Waals surface area (Å²) in [6, 6.07) is -0.273. The molecule has 1 saturated carbocycles. The van der Waals surface area contributed by atoms with Gasteiger partial charge in [0, 0.05) is 0 Å². The van der Waals surface area contributed by atoms with E-state index in [1.807, 2.05) is 0 Å². The lowest BCUT2D eigenvalue weighted by Gasteiger charge is -2.28. The molecule has 1 aliphatic carbocycles. The van der Waals surface area contributed by atoms with E-state index in [0.717, 1.165) is 12.8 Å². The fourth-order valence-corrected chi connectivity index (χ4v) is 1.48. The number of aliphatic hydroxyl groups is 1. The molecule has 0 saturated heterocycles. The average Bonchev–Trinajstić information content (AvgIpc) is 1.95. The van der Waals surface area contributed by atoms with E-state index < -0.39 is 12.3 Å². The highest BCUT2D eigenvalue weighted by Gasteiger charge is 2.30. The SMILES string of the molecule is O[C@H]1[C@@H](NCl)CCC[C@@H]1F. The van der Waals surface area contributed by atoms with E-state index in [1.165, 1.54) is 0 Å². The van der Waals surface area contributed by atoms with Gasteiger partial charge in [-0.1, -0.05) is 0 Å². The van der Waals surface area contributed by atoms with Crippen LogP contribution < -0.4 is 4.84 Å². The van der Waals surface area contributed by atoms with Crippen LogP contribution in [0.15, 0.2) is 0 Å². The molecule has 0 spiro atoms. The molecule has 4 heteroatoms. The summed E-state index contributed by atoms with van der Waals surface area (Å²) in [5, 5.41) is 9.12. The standard InChI is InChI=1S/C6H11ClFNO/c7-9-5-3-1-2-4(8)6(5)10/h4-6,9-10H,1-3H2/t4-,5-,6+/m0/s1. The number of alkyl halides is 1. The Kier molecular flexibility index (Phi) is 2.89. The van der Waals surface area contributed by atoms with Gasteiger partial charge in [0.1, 0.15) is 12.3 Å². The van der Waals surface area contributed by atoms with Crippen LogP contribution >= 0.6 is 11.8 Å². The molecule has 1 fully saturated rings. The normalized spacial score (nSPS) is 41.7. The smallest absolute Gasteiger partial charge is 0.127 e. The number of halogens is 2. The Morgan fingerprint density at radius 3 is 2.70 bits per heavy atom. The number of nitrogens with one attached hydrogen (secondary N) is 1. The van der Waals surface area contributed by atoms with E-state index in [2.05, 4.69) is 4.84 Å². The maximum absolute atomic E-state index is 12.7. The summed E-state index contributed by atoms with van der Waals surface area (Å²) in [4.78, 5) is 2.37. The average molecular weight is 168 g/mol. The second-order valence-electron chi connectivity index (χ2n) is 2.65. The van der Waals surface area contributed by atoms with E-state index in [0.29, 0.717) is 6.42 Å². The topological polar surface area (TPSA) is 32.3 Å². The summed E-state index contributed by atoms with van der Waals surface area (Å²) in [6.07, 6.45) is -0.0273. The van der Waals surface area contributed by atoms with Gasteiger partial charge in [0.2, 0.25) is 0 Å². The van der Waals surface area contributed by atoms with Crippen LogP contribution in [0.3, 0.4) is 0 Å². The number of rotatable bonds is 1. The van der Waals surface area contributed by atoms with E-state index >= 15 is 0 Å². The van der Waals surface area contributed by atoms with Crippen LogP contribution in [-0.4, -0.2) is 23.4 Å². The summed E-state index contributed by atoms with van der Waals surface area (Å²) in [6.45, 7) is 0. The van der Waals surface area contributed by atoms with Crippen molar-refractivity contribution in [2.75, 3.05) is 0 Å². The second-order valence-corrected chi connectivity index (χ2v) is 2.87. The first-order chi connectivity index (χ1) is 4.75. The zero-order valence-electron chi connectivity index (χ0n) is 5.56. The van der Waals surface area contributed by atoms with Gasteiger partial charge in [-0.2, -0.15) is 0 Å². The molecule has 1 rings (SSSR count). The highest BCUT2D eigenvalue weighted by atomic mass is 35.5. The summed E-state index contributed by atoms with van der Waals surface area (Å²) >= 11 is 5.26. The molecule has 3 atom stereocenters. The minimum Gasteiger partial charge on any atom is -0.388 e. The van der Waals surface area contributed by atoms with E-state index in [4.69, 9.17) is 16.9 Å². The van der Waals surface area contributed by atoms with Crippen molar-refractivity contribution in [2.24, 2.45) is 0 Å². The van der Waals surface area contributed by atoms with Crippen LogP contribution in [0.4, 0.5) is 4.39 Å². The fourth-order valence-electron chi connectivity index (χ4n) is 1.25.